The van der Waals surface area contributed by atoms with Gasteiger partial charge >= 0.3 is 6.18 Å². The molecule has 174 valence electrons. The van der Waals surface area contributed by atoms with E-state index >= 15 is 0 Å². The minimum Gasteiger partial charge on any atom is -0.356 e. The van der Waals surface area contributed by atoms with E-state index in [0.717, 1.165) is 17.8 Å². The number of aryl methyl sites for hydroxylation is 1. The van der Waals surface area contributed by atoms with Crippen molar-refractivity contribution in [3.63, 3.8) is 0 Å². The molecule has 1 saturated heterocycles. The van der Waals surface area contributed by atoms with Crippen molar-refractivity contribution < 1.29 is 18.0 Å². The normalized spacial score (nSPS) is 15.0. The number of alkyl halides is 3. The van der Waals surface area contributed by atoms with E-state index in [1.807, 2.05) is 35.2 Å². The predicted octanol–water partition coefficient (Wildman–Crippen LogP) is 4.71. The van der Waals surface area contributed by atoms with Gasteiger partial charge in [-0.3, -0.25) is 4.79 Å². The van der Waals surface area contributed by atoms with Crippen LogP contribution in [0.3, 0.4) is 0 Å². The average molecular weight is 478 g/mol. The van der Waals surface area contributed by atoms with Crippen molar-refractivity contribution in [2.24, 2.45) is 0 Å². The van der Waals surface area contributed by atoms with Crippen LogP contribution in [0.15, 0.2) is 48.7 Å². The number of hydrogen-bond acceptors (Lipinski definition) is 4. The first-order valence-electron chi connectivity index (χ1n) is 10.6. The SMILES string of the molecule is Cc1nn(Cc2ccccc2)c(Cl)c1C(=O)NC1CCN(c2ccc(C(F)(F)F)cn2)CC1. The molecule has 1 aromatic carbocycles. The number of carbonyl (C=O) groups excluding carboxylic acids is 1. The Kier molecular flexibility index (Phi) is 6.60. The van der Waals surface area contributed by atoms with Gasteiger partial charge in [0.15, 0.2) is 0 Å². The van der Waals surface area contributed by atoms with Crippen LogP contribution in [0.4, 0.5) is 19.0 Å². The van der Waals surface area contributed by atoms with E-state index in [9.17, 15) is 18.0 Å². The third-order valence-electron chi connectivity index (χ3n) is 5.70. The molecular formula is C23H23ClF3N5O. The molecule has 1 fully saturated rings. The summed E-state index contributed by atoms with van der Waals surface area (Å²) in [6.07, 6.45) is -2.27. The summed E-state index contributed by atoms with van der Waals surface area (Å²) < 4.78 is 39.8. The summed E-state index contributed by atoms with van der Waals surface area (Å²) in [5.41, 5.74) is 1.17. The van der Waals surface area contributed by atoms with E-state index in [-0.39, 0.29) is 11.9 Å². The van der Waals surface area contributed by atoms with Gasteiger partial charge in [-0.25, -0.2) is 9.67 Å². The summed E-state index contributed by atoms with van der Waals surface area (Å²) >= 11 is 6.48. The topological polar surface area (TPSA) is 63.1 Å². The van der Waals surface area contributed by atoms with Gasteiger partial charge in [0.1, 0.15) is 11.0 Å². The molecule has 3 aromatic rings. The van der Waals surface area contributed by atoms with Crippen molar-refractivity contribution in [3.05, 3.63) is 76.2 Å². The summed E-state index contributed by atoms with van der Waals surface area (Å²) in [5, 5.41) is 7.74. The van der Waals surface area contributed by atoms with Gasteiger partial charge in [0.05, 0.1) is 23.4 Å². The number of hydrogen-bond donors (Lipinski definition) is 1. The Hall–Kier alpha value is -3.07. The molecule has 1 amide bonds. The number of halogens is 4. The standard InChI is InChI=1S/C23H23ClF3N5O/c1-15-20(21(24)32(30-15)14-16-5-3-2-4-6-16)22(33)29-18-9-11-31(12-10-18)19-8-7-17(13-28-19)23(25,26)27/h2-8,13,18H,9-12,14H2,1H3,(H,29,33). The zero-order chi connectivity index (χ0) is 23.6. The highest BCUT2D eigenvalue weighted by Crippen LogP contribution is 2.30. The molecule has 4 rings (SSSR count). The van der Waals surface area contributed by atoms with Crippen LogP contribution in [0.25, 0.3) is 0 Å². The molecule has 6 nitrogen and oxygen atoms in total. The number of rotatable bonds is 5. The summed E-state index contributed by atoms with van der Waals surface area (Å²) in [4.78, 5) is 18.8. The van der Waals surface area contributed by atoms with E-state index in [0.29, 0.717) is 54.7 Å². The first kappa shape index (κ1) is 23.1. The first-order chi connectivity index (χ1) is 15.7. The maximum Gasteiger partial charge on any atom is 0.417 e. The zero-order valence-electron chi connectivity index (χ0n) is 17.9. The van der Waals surface area contributed by atoms with Crippen LogP contribution in [0.2, 0.25) is 5.15 Å². The second-order valence-electron chi connectivity index (χ2n) is 8.03. The monoisotopic (exact) mass is 477 g/mol. The third-order valence-corrected chi connectivity index (χ3v) is 6.08. The average Bonchev–Trinajstić information content (AvgIpc) is 3.07. The number of nitrogens with zero attached hydrogens (tertiary/aromatic N) is 4. The van der Waals surface area contributed by atoms with Gasteiger partial charge < -0.3 is 10.2 Å². The zero-order valence-corrected chi connectivity index (χ0v) is 18.7. The number of aromatic nitrogens is 3. The summed E-state index contributed by atoms with van der Waals surface area (Å²) in [6, 6.07) is 12.1. The predicted molar refractivity (Wildman–Crippen MR) is 119 cm³/mol. The molecule has 0 unspecified atom stereocenters. The van der Waals surface area contributed by atoms with Gasteiger partial charge in [-0.2, -0.15) is 18.3 Å². The molecule has 0 bridgehead atoms. The fraction of sp³-hybridized carbons (Fsp3) is 0.348. The Labute approximate surface area is 194 Å². The minimum atomic E-state index is -4.41. The van der Waals surface area contributed by atoms with Crippen molar-refractivity contribution in [1.29, 1.82) is 0 Å². The second kappa shape index (κ2) is 9.43. The van der Waals surface area contributed by atoms with Gasteiger partial charge in [0.2, 0.25) is 0 Å². The van der Waals surface area contributed by atoms with Crippen molar-refractivity contribution in [2.45, 2.75) is 38.5 Å². The second-order valence-corrected chi connectivity index (χ2v) is 8.39. The molecule has 2 aromatic heterocycles. The molecule has 0 aliphatic carbocycles. The lowest BCUT2D eigenvalue weighted by atomic mass is 10.0. The summed E-state index contributed by atoms with van der Waals surface area (Å²) in [7, 11) is 0. The number of nitrogens with one attached hydrogen (secondary N) is 1. The molecule has 1 N–H and O–H groups in total. The minimum absolute atomic E-state index is 0.0730. The fourth-order valence-corrected chi connectivity index (χ4v) is 4.24. The quantitative estimate of drug-likeness (QED) is 0.578. The third kappa shape index (κ3) is 5.30. The highest BCUT2D eigenvalue weighted by molar-refractivity contribution is 6.33. The molecular weight excluding hydrogens is 455 g/mol. The highest BCUT2D eigenvalue weighted by atomic mass is 35.5. The Morgan fingerprint density at radius 3 is 2.45 bits per heavy atom. The van der Waals surface area contributed by atoms with E-state index < -0.39 is 11.7 Å². The lowest BCUT2D eigenvalue weighted by Crippen LogP contribution is -2.45. The molecule has 0 saturated carbocycles. The number of amides is 1. The molecule has 0 radical (unpaired) electrons. The van der Waals surface area contributed by atoms with Crippen LogP contribution >= 0.6 is 11.6 Å². The van der Waals surface area contributed by atoms with Crippen LogP contribution < -0.4 is 10.2 Å². The highest BCUT2D eigenvalue weighted by Gasteiger charge is 2.31. The first-order valence-corrected chi connectivity index (χ1v) is 11.0. The van der Waals surface area contributed by atoms with Crippen LogP contribution in [-0.4, -0.2) is 39.8 Å². The van der Waals surface area contributed by atoms with E-state index in [1.165, 1.54) is 6.07 Å². The van der Waals surface area contributed by atoms with E-state index in [1.54, 1.807) is 11.6 Å². The number of benzene rings is 1. The molecule has 3 heterocycles. The summed E-state index contributed by atoms with van der Waals surface area (Å²) in [5.74, 6) is 0.219. The van der Waals surface area contributed by atoms with Gasteiger partial charge in [-0.1, -0.05) is 41.9 Å². The van der Waals surface area contributed by atoms with E-state index in [4.69, 9.17) is 11.6 Å². The van der Waals surface area contributed by atoms with Crippen LogP contribution in [0, 0.1) is 6.92 Å². The maximum absolute atomic E-state index is 12.9. The number of anilines is 1. The smallest absolute Gasteiger partial charge is 0.356 e. The molecule has 10 heteroatoms. The number of piperidine rings is 1. The Morgan fingerprint density at radius 1 is 1.15 bits per heavy atom. The van der Waals surface area contributed by atoms with Gasteiger partial charge in [0.25, 0.3) is 5.91 Å². The number of pyridine rings is 1. The van der Waals surface area contributed by atoms with Gasteiger partial charge in [-0.15, -0.1) is 0 Å². The molecule has 0 spiro atoms. The number of carbonyl (C=O) groups is 1. The lowest BCUT2D eigenvalue weighted by molar-refractivity contribution is -0.137. The van der Waals surface area contributed by atoms with Crippen LogP contribution in [0.1, 0.15) is 40.0 Å². The summed E-state index contributed by atoms with van der Waals surface area (Å²) in [6.45, 7) is 3.36. The fourth-order valence-electron chi connectivity index (χ4n) is 3.92. The van der Waals surface area contributed by atoms with Crippen LogP contribution in [-0.2, 0) is 12.7 Å². The van der Waals surface area contributed by atoms with Gasteiger partial charge in [0, 0.05) is 25.3 Å². The molecule has 33 heavy (non-hydrogen) atoms. The molecule has 1 aliphatic rings. The van der Waals surface area contributed by atoms with Crippen molar-refractivity contribution in [1.82, 2.24) is 20.1 Å². The largest absolute Gasteiger partial charge is 0.417 e. The van der Waals surface area contributed by atoms with Crippen molar-refractivity contribution >= 4 is 23.3 Å². The molecule has 0 atom stereocenters. The van der Waals surface area contributed by atoms with Crippen molar-refractivity contribution in [3.8, 4) is 0 Å². The maximum atomic E-state index is 12.9. The lowest BCUT2D eigenvalue weighted by Gasteiger charge is -2.33. The Bertz CT molecular complexity index is 1110. The Balaban J connectivity index is 1.36. The molecule has 1 aliphatic heterocycles. The van der Waals surface area contributed by atoms with E-state index in [2.05, 4.69) is 15.4 Å². The van der Waals surface area contributed by atoms with Crippen LogP contribution in [0.5, 0.6) is 0 Å². The Morgan fingerprint density at radius 2 is 1.85 bits per heavy atom. The van der Waals surface area contributed by atoms with Gasteiger partial charge in [-0.05, 0) is 37.5 Å². The van der Waals surface area contributed by atoms with Crippen molar-refractivity contribution in [2.75, 3.05) is 18.0 Å².